The second-order valence-corrected chi connectivity index (χ2v) is 5.43. The topological polar surface area (TPSA) is 62.1 Å². The smallest absolute Gasteiger partial charge is 0.337 e. The molecule has 0 unspecified atom stereocenters. The zero-order chi connectivity index (χ0) is 17.1. The Kier molecular flexibility index (Phi) is 4.57. The zero-order valence-corrected chi connectivity index (χ0v) is 13.9. The molecule has 3 rings (SSSR count). The van der Waals surface area contributed by atoms with Crippen LogP contribution in [-0.2, 0) is 11.3 Å². The van der Waals surface area contributed by atoms with Crippen molar-refractivity contribution in [1.82, 2.24) is 9.38 Å². The first kappa shape index (κ1) is 16.1. The van der Waals surface area contributed by atoms with Gasteiger partial charge < -0.3 is 18.6 Å². The van der Waals surface area contributed by atoms with Crippen LogP contribution in [0.2, 0.25) is 5.02 Å². The van der Waals surface area contributed by atoms with Gasteiger partial charge in [-0.25, -0.2) is 9.78 Å². The van der Waals surface area contributed by atoms with E-state index in [2.05, 4.69) is 9.72 Å². The average Bonchev–Trinajstić information content (AvgIpc) is 3.01. The van der Waals surface area contributed by atoms with Gasteiger partial charge in [0, 0.05) is 12.4 Å². The van der Waals surface area contributed by atoms with Crippen LogP contribution in [0, 0.1) is 0 Å². The van der Waals surface area contributed by atoms with Crippen LogP contribution in [0.3, 0.4) is 0 Å². The van der Waals surface area contributed by atoms with Crippen molar-refractivity contribution in [3.63, 3.8) is 0 Å². The number of hydrogen-bond donors (Lipinski definition) is 0. The van der Waals surface area contributed by atoms with Gasteiger partial charge in [-0.15, -0.1) is 0 Å². The Balaban J connectivity index is 1.78. The SMILES string of the molecule is COC(=O)c1ccc(OCc2cn3cc(Cl)ccc3n2)c(OC)c1. The molecular formula is C17H15ClN2O4. The van der Waals surface area contributed by atoms with Gasteiger partial charge in [0.05, 0.1) is 30.5 Å². The van der Waals surface area contributed by atoms with Crippen molar-refractivity contribution in [3.8, 4) is 11.5 Å². The number of rotatable bonds is 5. The average molecular weight is 347 g/mol. The van der Waals surface area contributed by atoms with E-state index in [1.54, 1.807) is 30.5 Å². The van der Waals surface area contributed by atoms with Gasteiger partial charge in [0.2, 0.25) is 0 Å². The number of imidazole rings is 1. The third-order valence-corrected chi connectivity index (χ3v) is 3.65. The second kappa shape index (κ2) is 6.80. The van der Waals surface area contributed by atoms with Gasteiger partial charge in [-0.3, -0.25) is 0 Å². The van der Waals surface area contributed by atoms with E-state index in [0.717, 1.165) is 11.3 Å². The number of nitrogens with zero attached hydrogens (tertiary/aromatic N) is 2. The second-order valence-electron chi connectivity index (χ2n) is 4.99. The predicted molar refractivity (Wildman–Crippen MR) is 88.9 cm³/mol. The molecule has 0 saturated heterocycles. The lowest BCUT2D eigenvalue weighted by atomic mass is 10.2. The highest BCUT2D eigenvalue weighted by Gasteiger charge is 2.12. The minimum absolute atomic E-state index is 0.257. The minimum Gasteiger partial charge on any atom is -0.493 e. The van der Waals surface area contributed by atoms with Gasteiger partial charge >= 0.3 is 5.97 Å². The van der Waals surface area contributed by atoms with Crippen LogP contribution >= 0.6 is 11.6 Å². The van der Waals surface area contributed by atoms with Crippen LogP contribution in [0.1, 0.15) is 16.1 Å². The molecule has 0 aliphatic carbocycles. The number of esters is 1. The van der Waals surface area contributed by atoms with E-state index in [4.69, 9.17) is 21.1 Å². The van der Waals surface area contributed by atoms with Crippen molar-refractivity contribution in [1.29, 1.82) is 0 Å². The maximum Gasteiger partial charge on any atom is 0.337 e. The normalized spacial score (nSPS) is 10.6. The first-order chi connectivity index (χ1) is 11.6. The number of hydrogen-bond acceptors (Lipinski definition) is 5. The Morgan fingerprint density at radius 1 is 1.17 bits per heavy atom. The Labute approximate surface area is 143 Å². The fourth-order valence-electron chi connectivity index (χ4n) is 2.27. The number of halogens is 1. The number of fused-ring (bicyclic) bond motifs is 1. The van der Waals surface area contributed by atoms with E-state index in [1.807, 2.05) is 16.7 Å². The van der Waals surface area contributed by atoms with Crippen LogP contribution in [-0.4, -0.2) is 29.6 Å². The molecule has 24 heavy (non-hydrogen) atoms. The van der Waals surface area contributed by atoms with Crippen LogP contribution in [0.5, 0.6) is 11.5 Å². The van der Waals surface area contributed by atoms with Crippen molar-refractivity contribution in [2.24, 2.45) is 0 Å². The van der Waals surface area contributed by atoms with Crippen molar-refractivity contribution in [2.75, 3.05) is 14.2 Å². The number of methoxy groups -OCH3 is 2. The molecule has 0 fully saturated rings. The van der Waals surface area contributed by atoms with E-state index in [0.29, 0.717) is 22.1 Å². The Bertz CT molecular complexity index is 891. The quantitative estimate of drug-likeness (QED) is 0.663. The Hall–Kier alpha value is -2.73. The van der Waals surface area contributed by atoms with Crippen molar-refractivity contribution in [2.45, 2.75) is 6.61 Å². The summed E-state index contributed by atoms with van der Waals surface area (Å²) in [5, 5.41) is 0.632. The summed E-state index contributed by atoms with van der Waals surface area (Å²) < 4.78 is 17.5. The molecule has 0 N–H and O–H groups in total. The summed E-state index contributed by atoms with van der Waals surface area (Å²) in [6.45, 7) is 0.257. The molecule has 0 spiro atoms. The molecule has 0 amide bonds. The Morgan fingerprint density at radius 3 is 2.75 bits per heavy atom. The van der Waals surface area contributed by atoms with Gasteiger partial charge in [-0.2, -0.15) is 0 Å². The fraction of sp³-hybridized carbons (Fsp3) is 0.176. The number of benzene rings is 1. The summed E-state index contributed by atoms with van der Waals surface area (Å²) in [6.07, 6.45) is 3.62. The minimum atomic E-state index is -0.433. The van der Waals surface area contributed by atoms with E-state index < -0.39 is 5.97 Å². The fourth-order valence-corrected chi connectivity index (χ4v) is 2.44. The lowest BCUT2D eigenvalue weighted by molar-refractivity contribution is 0.0600. The molecule has 0 aliphatic heterocycles. The summed E-state index contributed by atoms with van der Waals surface area (Å²) in [5.74, 6) is 0.530. The molecule has 0 atom stereocenters. The van der Waals surface area contributed by atoms with Crippen molar-refractivity contribution >= 4 is 23.2 Å². The number of aromatic nitrogens is 2. The molecule has 6 nitrogen and oxygen atoms in total. The van der Waals surface area contributed by atoms with Crippen LogP contribution < -0.4 is 9.47 Å². The van der Waals surface area contributed by atoms with Crippen LogP contribution in [0.25, 0.3) is 5.65 Å². The number of ether oxygens (including phenoxy) is 3. The van der Waals surface area contributed by atoms with Crippen molar-refractivity contribution < 1.29 is 19.0 Å². The first-order valence-electron chi connectivity index (χ1n) is 7.13. The zero-order valence-electron chi connectivity index (χ0n) is 13.2. The maximum absolute atomic E-state index is 11.6. The molecule has 0 saturated carbocycles. The summed E-state index contributed by atoms with van der Waals surface area (Å²) in [6, 6.07) is 8.47. The predicted octanol–water partition coefficient (Wildman–Crippen LogP) is 3.36. The maximum atomic E-state index is 11.6. The molecule has 0 radical (unpaired) electrons. The van der Waals surface area contributed by atoms with E-state index in [1.165, 1.54) is 14.2 Å². The number of carbonyl (C=O) groups excluding carboxylic acids is 1. The molecule has 1 aromatic carbocycles. The van der Waals surface area contributed by atoms with E-state index in [9.17, 15) is 4.79 Å². The third kappa shape index (κ3) is 3.28. The molecule has 7 heteroatoms. The molecule has 124 valence electrons. The van der Waals surface area contributed by atoms with E-state index in [-0.39, 0.29) is 6.61 Å². The molecule has 2 heterocycles. The molecule has 0 aliphatic rings. The monoisotopic (exact) mass is 346 g/mol. The lowest BCUT2D eigenvalue weighted by Crippen LogP contribution is -2.03. The van der Waals surface area contributed by atoms with Crippen molar-refractivity contribution in [3.05, 3.63) is 59.0 Å². The molecule has 3 aromatic rings. The van der Waals surface area contributed by atoms with Gasteiger partial charge in [-0.1, -0.05) is 11.6 Å². The highest BCUT2D eigenvalue weighted by molar-refractivity contribution is 6.30. The van der Waals surface area contributed by atoms with Crippen LogP contribution in [0.15, 0.2) is 42.7 Å². The van der Waals surface area contributed by atoms with Gasteiger partial charge in [-0.05, 0) is 30.3 Å². The summed E-state index contributed by atoms with van der Waals surface area (Å²) >= 11 is 5.96. The lowest BCUT2D eigenvalue weighted by Gasteiger charge is -2.10. The highest BCUT2D eigenvalue weighted by atomic mass is 35.5. The molecular weight excluding hydrogens is 332 g/mol. The number of carbonyl (C=O) groups is 1. The van der Waals surface area contributed by atoms with Gasteiger partial charge in [0.1, 0.15) is 12.3 Å². The largest absolute Gasteiger partial charge is 0.493 e. The van der Waals surface area contributed by atoms with Gasteiger partial charge in [0.15, 0.2) is 11.5 Å². The van der Waals surface area contributed by atoms with Crippen LogP contribution in [0.4, 0.5) is 0 Å². The highest BCUT2D eigenvalue weighted by Crippen LogP contribution is 2.29. The number of pyridine rings is 1. The van der Waals surface area contributed by atoms with E-state index >= 15 is 0 Å². The third-order valence-electron chi connectivity index (χ3n) is 3.43. The molecule has 2 aromatic heterocycles. The summed E-state index contributed by atoms with van der Waals surface area (Å²) in [7, 11) is 2.84. The summed E-state index contributed by atoms with van der Waals surface area (Å²) in [5.41, 5.74) is 1.92. The van der Waals surface area contributed by atoms with Gasteiger partial charge in [0.25, 0.3) is 0 Å². The Morgan fingerprint density at radius 2 is 2.00 bits per heavy atom. The molecule has 0 bridgehead atoms. The summed E-state index contributed by atoms with van der Waals surface area (Å²) in [4.78, 5) is 16.0. The standard InChI is InChI=1S/C17H15ClN2O4/c1-22-15-7-11(17(21)23-2)3-5-14(15)24-10-13-9-20-8-12(18)4-6-16(20)19-13/h3-9H,10H2,1-2H3. The first-order valence-corrected chi connectivity index (χ1v) is 7.51.